The fourth-order valence-electron chi connectivity index (χ4n) is 3.63. The number of carbonyl (C=O) groups is 1. The molecule has 0 radical (unpaired) electrons. The first-order chi connectivity index (χ1) is 16.2. The van der Waals surface area contributed by atoms with Crippen LogP contribution in [0.1, 0.15) is 32.3 Å². The summed E-state index contributed by atoms with van der Waals surface area (Å²) in [6.07, 6.45) is 3.36. The number of alkyl halides is 1. The molecule has 8 heteroatoms. The molecular formula is C26H28ClFN2O2S2. The van der Waals surface area contributed by atoms with Gasteiger partial charge in [0.15, 0.2) is 5.67 Å². The smallest absolute Gasteiger partial charge is 0.258 e. The Morgan fingerprint density at radius 2 is 2.03 bits per heavy atom. The molecule has 0 aromatic heterocycles. The Morgan fingerprint density at radius 1 is 1.29 bits per heavy atom. The maximum atomic E-state index is 15.4. The quantitative estimate of drug-likeness (QED) is 0.383. The maximum absolute atomic E-state index is 15.4. The highest BCUT2D eigenvalue weighted by atomic mass is 35.5. The van der Waals surface area contributed by atoms with Crippen LogP contribution in [0.15, 0.2) is 58.8 Å². The molecule has 4 nitrogen and oxygen atoms in total. The highest BCUT2D eigenvalue weighted by molar-refractivity contribution is 7.97. The standard InChI is InChI=1S/C26H28ClFN2O2S2/c1-4-6-20-7-5-8-21(17-20)23-18-22(27)9-10-24(23)33-30-14-12-26(28,13-15-30)25(31)29-19(2)11-16-34(3)32/h5,7-11,16-19H,12-15H2,1-3H3,(H,29,31)/b16-11-. The van der Waals surface area contributed by atoms with Crippen LogP contribution in [0.3, 0.4) is 0 Å². The lowest BCUT2D eigenvalue weighted by molar-refractivity contribution is -0.135. The normalized spacial score (nSPS) is 17.6. The lowest BCUT2D eigenvalue weighted by Gasteiger charge is -2.35. The van der Waals surface area contributed by atoms with Crippen LogP contribution in [-0.4, -0.2) is 45.5 Å². The molecule has 0 spiro atoms. The summed E-state index contributed by atoms with van der Waals surface area (Å²) in [5.74, 6) is 5.39. The van der Waals surface area contributed by atoms with Crippen molar-refractivity contribution in [2.24, 2.45) is 0 Å². The highest BCUT2D eigenvalue weighted by Gasteiger charge is 2.42. The van der Waals surface area contributed by atoms with Gasteiger partial charge in [-0.05, 0) is 67.3 Å². The molecule has 2 aromatic rings. The second-order valence-corrected chi connectivity index (χ2v) is 11.0. The Morgan fingerprint density at radius 3 is 2.71 bits per heavy atom. The van der Waals surface area contributed by atoms with Gasteiger partial charge in [-0.15, -0.1) is 5.92 Å². The molecule has 3 rings (SSSR count). The maximum Gasteiger partial charge on any atom is 0.258 e. The van der Waals surface area contributed by atoms with Gasteiger partial charge in [-0.2, -0.15) is 0 Å². The average Bonchev–Trinajstić information content (AvgIpc) is 2.81. The van der Waals surface area contributed by atoms with Crippen LogP contribution >= 0.6 is 23.5 Å². The van der Waals surface area contributed by atoms with Crippen molar-refractivity contribution in [2.75, 3.05) is 19.3 Å². The van der Waals surface area contributed by atoms with E-state index in [1.54, 1.807) is 31.9 Å². The van der Waals surface area contributed by atoms with E-state index in [4.69, 9.17) is 11.6 Å². The number of nitrogens with zero attached hydrogens (tertiary/aromatic N) is 1. The molecule has 2 aromatic carbocycles. The highest BCUT2D eigenvalue weighted by Crippen LogP contribution is 2.38. The van der Waals surface area contributed by atoms with E-state index >= 15 is 4.39 Å². The van der Waals surface area contributed by atoms with Crippen molar-refractivity contribution < 1.29 is 13.4 Å². The zero-order valence-corrected chi connectivity index (χ0v) is 21.8. The Labute approximate surface area is 212 Å². The minimum atomic E-state index is -1.92. The van der Waals surface area contributed by atoms with E-state index < -0.39 is 22.4 Å². The number of nitrogens with one attached hydrogen (secondary N) is 1. The summed E-state index contributed by atoms with van der Waals surface area (Å²) in [7, 11) is -1.11. The monoisotopic (exact) mass is 518 g/mol. The fraction of sp³-hybridized carbons (Fsp3) is 0.346. The molecule has 1 aliphatic heterocycles. The summed E-state index contributed by atoms with van der Waals surface area (Å²) in [5, 5.41) is 4.80. The number of piperidine rings is 1. The lowest BCUT2D eigenvalue weighted by Crippen LogP contribution is -2.51. The summed E-state index contributed by atoms with van der Waals surface area (Å²) in [5.41, 5.74) is 1.01. The van der Waals surface area contributed by atoms with Crippen LogP contribution in [0.4, 0.5) is 4.39 Å². The number of hydrogen-bond acceptors (Lipinski definition) is 4. The molecule has 2 unspecified atom stereocenters. The van der Waals surface area contributed by atoms with Gasteiger partial charge < -0.3 is 5.32 Å². The zero-order valence-electron chi connectivity index (χ0n) is 19.4. The van der Waals surface area contributed by atoms with Crippen molar-refractivity contribution in [3.05, 3.63) is 64.5 Å². The van der Waals surface area contributed by atoms with Crippen molar-refractivity contribution in [3.63, 3.8) is 0 Å². The predicted octanol–water partition coefficient (Wildman–Crippen LogP) is 5.59. The van der Waals surface area contributed by atoms with Crippen molar-refractivity contribution in [1.29, 1.82) is 0 Å². The number of amides is 1. The van der Waals surface area contributed by atoms with E-state index in [-0.39, 0.29) is 18.9 Å². The van der Waals surface area contributed by atoms with Gasteiger partial charge >= 0.3 is 0 Å². The number of benzene rings is 2. The van der Waals surface area contributed by atoms with E-state index in [0.29, 0.717) is 18.1 Å². The molecule has 2 atom stereocenters. The summed E-state index contributed by atoms with van der Waals surface area (Å²) in [4.78, 5) is 13.6. The van der Waals surface area contributed by atoms with E-state index in [2.05, 4.69) is 21.5 Å². The van der Waals surface area contributed by atoms with E-state index in [1.165, 1.54) is 11.7 Å². The molecule has 1 saturated heterocycles. The van der Waals surface area contributed by atoms with Crippen molar-refractivity contribution in [1.82, 2.24) is 9.62 Å². The van der Waals surface area contributed by atoms with Crippen molar-refractivity contribution >= 4 is 40.3 Å². The first-order valence-electron chi connectivity index (χ1n) is 11.0. The fourth-order valence-corrected chi connectivity index (χ4v) is 5.30. The largest absolute Gasteiger partial charge is 0.347 e. The van der Waals surface area contributed by atoms with Gasteiger partial charge in [-0.25, -0.2) is 8.70 Å². The lowest BCUT2D eigenvalue weighted by atomic mass is 9.93. The van der Waals surface area contributed by atoms with Gasteiger partial charge in [-0.1, -0.05) is 35.7 Å². The van der Waals surface area contributed by atoms with Gasteiger partial charge in [0.05, 0.1) is 0 Å². The van der Waals surface area contributed by atoms with Crippen LogP contribution in [0, 0.1) is 11.8 Å². The van der Waals surface area contributed by atoms with Crippen LogP contribution in [-0.2, 0) is 15.6 Å². The summed E-state index contributed by atoms with van der Waals surface area (Å²) < 4.78 is 28.6. The topological polar surface area (TPSA) is 49.4 Å². The number of rotatable bonds is 7. The number of hydrogen-bond donors (Lipinski definition) is 1. The first-order valence-corrected chi connectivity index (χ1v) is 13.7. The van der Waals surface area contributed by atoms with Gasteiger partial charge in [0.2, 0.25) is 0 Å². The van der Waals surface area contributed by atoms with Gasteiger partial charge in [0.1, 0.15) is 0 Å². The third-order valence-corrected chi connectivity index (χ3v) is 7.40. The molecule has 1 N–H and O–H groups in total. The average molecular weight is 519 g/mol. The molecule has 34 heavy (non-hydrogen) atoms. The number of halogens is 2. The first kappa shape index (κ1) is 26.5. The van der Waals surface area contributed by atoms with Crippen molar-refractivity contribution in [3.8, 4) is 23.0 Å². The van der Waals surface area contributed by atoms with Gasteiger partial charge in [0, 0.05) is 69.9 Å². The minimum Gasteiger partial charge on any atom is -0.347 e. The molecule has 1 aliphatic rings. The SMILES string of the molecule is CC#Cc1cccc(-c2cc(Cl)ccc2SN2CCC(F)(C(=O)NC(C)/C=C\S(C)=O)CC2)c1. The second kappa shape index (κ2) is 12.0. The molecule has 1 amide bonds. The second-order valence-electron chi connectivity index (χ2n) is 8.17. The molecular weight excluding hydrogens is 491 g/mol. The molecule has 0 bridgehead atoms. The summed E-state index contributed by atoms with van der Waals surface area (Å²) in [6, 6.07) is 13.3. The summed E-state index contributed by atoms with van der Waals surface area (Å²) in [6.45, 7) is 4.40. The van der Waals surface area contributed by atoms with E-state index in [9.17, 15) is 9.00 Å². The van der Waals surface area contributed by atoms with Crippen LogP contribution in [0.25, 0.3) is 11.1 Å². The third-order valence-electron chi connectivity index (χ3n) is 5.45. The van der Waals surface area contributed by atoms with Gasteiger partial charge in [0.25, 0.3) is 5.91 Å². The van der Waals surface area contributed by atoms with Gasteiger partial charge in [-0.3, -0.25) is 9.00 Å². The van der Waals surface area contributed by atoms with Crippen LogP contribution in [0.2, 0.25) is 5.02 Å². The zero-order chi connectivity index (χ0) is 24.7. The van der Waals surface area contributed by atoms with Crippen LogP contribution in [0.5, 0.6) is 0 Å². The Kier molecular flexibility index (Phi) is 9.38. The van der Waals surface area contributed by atoms with E-state index in [1.807, 2.05) is 42.5 Å². The van der Waals surface area contributed by atoms with E-state index in [0.717, 1.165) is 21.6 Å². The molecule has 1 heterocycles. The van der Waals surface area contributed by atoms with Crippen LogP contribution < -0.4 is 5.32 Å². The predicted molar refractivity (Wildman–Crippen MR) is 141 cm³/mol. The van der Waals surface area contributed by atoms with Crippen molar-refractivity contribution in [2.45, 2.75) is 43.3 Å². The minimum absolute atomic E-state index is 0.104. The molecule has 180 valence electrons. The number of carbonyl (C=O) groups excluding carboxylic acids is 1. The molecule has 0 aliphatic carbocycles. The Hall–Kier alpha value is -2.11. The third kappa shape index (κ3) is 7.19. The Bertz CT molecular complexity index is 1150. The molecule has 0 saturated carbocycles. The molecule has 1 fully saturated rings. The summed E-state index contributed by atoms with van der Waals surface area (Å²) >= 11 is 7.84. The Balaban J connectivity index is 1.68.